The first-order valence-electron chi connectivity index (χ1n) is 9.48. The third-order valence-electron chi connectivity index (χ3n) is 5.40. The Labute approximate surface area is 167 Å². The maximum absolute atomic E-state index is 12.8. The molecule has 8 nitrogen and oxygen atoms in total. The first-order valence-corrected chi connectivity index (χ1v) is 12.4. The summed E-state index contributed by atoms with van der Waals surface area (Å²) in [6.45, 7) is 5.65. The van der Waals surface area contributed by atoms with Crippen molar-refractivity contribution in [2.24, 2.45) is 5.92 Å². The molecule has 156 valence electrons. The third kappa shape index (κ3) is 4.24. The number of nitrogens with zero attached hydrogens (tertiary/aromatic N) is 3. The number of hydrogen-bond acceptors (Lipinski definition) is 5. The predicted octanol–water partition coefficient (Wildman–Crippen LogP) is 0.960. The van der Waals surface area contributed by atoms with E-state index in [1.807, 2.05) is 6.92 Å². The largest absolute Gasteiger partial charge is 0.340 e. The molecule has 0 radical (unpaired) electrons. The molecule has 1 aromatic carbocycles. The van der Waals surface area contributed by atoms with Crippen LogP contribution >= 0.6 is 0 Å². The van der Waals surface area contributed by atoms with Crippen LogP contribution in [-0.2, 0) is 24.8 Å². The van der Waals surface area contributed by atoms with Crippen molar-refractivity contribution in [1.29, 1.82) is 0 Å². The molecule has 2 saturated heterocycles. The fourth-order valence-electron chi connectivity index (χ4n) is 3.69. The number of amides is 1. The van der Waals surface area contributed by atoms with Crippen molar-refractivity contribution in [2.45, 2.75) is 36.5 Å². The summed E-state index contributed by atoms with van der Waals surface area (Å²) in [5.74, 6) is 0.246. The third-order valence-corrected chi connectivity index (χ3v) is 9.20. The summed E-state index contributed by atoms with van der Waals surface area (Å²) in [7, 11) is -7.34. The molecule has 1 atom stereocenters. The van der Waals surface area contributed by atoms with Crippen LogP contribution in [0.25, 0.3) is 0 Å². The van der Waals surface area contributed by atoms with Crippen molar-refractivity contribution in [1.82, 2.24) is 13.5 Å². The maximum Gasteiger partial charge on any atom is 0.243 e. The van der Waals surface area contributed by atoms with Gasteiger partial charge in [0.25, 0.3) is 0 Å². The Hall–Kier alpha value is -1.49. The van der Waals surface area contributed by atoms with Gasteiger partial charge in [0.2, 0.25) is 26.0 Å². The van der Waals surface area contributed by atoms with Crippen LogP contribution in [0.15, 0.2) is 34.1 Å². The zero-order valence-electron chi connectivity index (χ0n) is 16.2. The van der Waals surface area contributed by atoms with Crippen LogP contribution in [-0.4, -0.2) is 75.5 Å². The van der Waals surface area contributed by atoms with Crippen molar-refractivity contribution >= 4 is 26.0 Å². The molecule has 0 unspecified atom stereocenters. The molecule has 0 aliphatic carbocycles. The molecule has 2 aliphatic heterocycles. The van der Waals surface area contributed by atoms with E-state index in [0.717, 1.165) is 12.8 Å². The second kappa shape index (κ2) is 8.10. The summed E-state index contributed by atoms with van der Waals surface area (Å²) >= 11 is 0. The highest BCUT2D eigenvalue weighted by molar-refractivity contribution is 7.89. The van der Waals surface area contributed by atoms with Gasteiger partial charge in [-0.1, -0.05) is 6.92 Å². The van der Waals surface area contributed by atoms with Crippen molar-refractivity contribution < 1.29 is 21.6 Å². The van der Waals surface area contributed by atoms with Gasteiger partial charge in [-0.2, -0.15) is 8.61 Å². The van der Waals surface area contributed by atoms with Gasteiger partial charge in [-0.05, 0) is 43.0 Å². The summed E-state index contributed by atoms with van der Waals surface area (Å²) in [4.78, 5) is 13.2. The summed E-state index contributed by atoms with van der Waals surface area (Å²) < 4.78 is 54.1. The van der Waals surface area contributed by atoms with Gasteiger partial charge in [0.1, 0.15) is 0 Å². The second-order valence-electron chi connectivity index (χ2n) is 7.49. The molecule has 0 N–H and O–H groups in total. The maximum atomic E-state index is 12.8. The van der Waals surface area contributed by atoms with Gasteiger partial charge in [-0.25, -0.2) is 16.8 Å². The summed E-state index contributed by atoms with van der Waals surface area (Å²) in [6.07, 6.45) is 1.85. The Kier molecular flexibility index (Phi) is 6.14. The number of rotatable bonds is 4. The lowest BCUT2D eigenvalue weighted by Gasteiger charge is -2.33. The first kappa shape index (κ1) is 21.2. The van der Waals surface area contributed by atoms with Crippen LogP contribution < -0.4 is 0 Å². The number of benzene rings is 1. The van der Waals surface area contributed by atoms with E-state index in [1.54, 1.807) is 4.90 Å². The number of carbonyl (C=O) groups excluding carboxylic acids is 1. The van der Waals surface area contributed by atoms with E-state index >= 15 is 0 Å². The lowest BCUT2D eigenvalue weighted by atomic mass is 10.0. The minimum absolute atomic E-state index is 0.0646. The van der Waals surface area contributed by atoms with E-state index in [0.29, 0.717) is 32.1 Å². The van der Waals surface area contributed by atoms with Gasteiger partial charge >= 0.3 is 0 Å². The lowest BCUT2D eigenvalue weighted by molar-refractivity contribution is -0.129. The van der Waals surface area contributed by atoms with E-state index in [4.69, 9.17) is 0 Å². The number of sulfonamides is 2. The van der Waals surface area contributed by atoms with E-state index in [2.05, 4.69) is 0 Å². The summed E-state index contributed by atoms with van der Waals surface area (Å²) in [5.41, 5.74) is 0. The van der Waals surface area contributed by atoms with Crippen molar-refractivity contribution in [3.8, 4) is 0 Å². The number of carbonyl (C=O) groups is 1. The standard InChI is InChI=1S/C18H27N3O5S2/c1-15-4-3-9-21(14-15)28(25,26)18-7-5-17(6-8-18)27(23,24)20-12-10-19(11-13-20)16(2)22/h5-8,15H,3-4,9-14H2,1-2H3/t15-/m1/s1. The molecule has 10 heteroatoms. The van der Waals surface area contributed by atoms with Crippen LogP contribution in [0.2, 0.25) is 0 Å². The summed E-state index contributed by atoms with van der Waals surface area (Å²) in [5, 5.41) is 0. The average molecular weight is 430 g/mol. The van der Waals surface area contributed by atoms with Crippen molar-refractivity contribution in [3.05, 3.63) is 24.3 Å². The smallest absolute Gasteiger partial charge is 0.243 e. The van der Waals surface area contributed by atoms with Crippen molar-refractivity contribution in [2.75, 3.05) is 39.3 Å². The second-order valence-corrected chi connectivity index (χ2v) is 11.4. The van der Waals surface area contributed by atoms with Crippen LogP contribution in [0.1, 0.15) is 26.7 Å². The fourth-order valence-corrected chi connectivity index (χ4v) is 6.71. The van der Waals surface area contributed by atoms with Crippen LogP contribution in [0.4, 0.5) is 0 Å². The molecule has 2 heterocycles. The molecule has 0 aromatic heterocycles. The number of piperidine rings is 1. The fraction of sp³-hybridized carbons (Fsp3) is 0.611. The Morgan fingerprint density at radius 1 is 0.857 bits per heavy atom. The SMILES string of the molecule is CC(=O)N1CCN(S(=O)(=O)c2ccc(S(=O)(=O)N3CCC[C@@H](C)C3)cc2)CC1. The van der Waals surface area contributed by atoms with E-state index in [9.17, 15) is 21.6 Å². The average Bonchev–Trinajstić information content (AvgIpc) is 2.68. The van der Waals surface area contributed by atoms with E-state index in [1.165, 1.54) is 39.8 Å². The van der Waals surface area contributed by atoms with Crippen LogP contribution in [0.5, 0.6) is 0 Å². The topological polar surface area (TPSA) is 95.1 Å². The Bertz CT molecular complexity index is 920. The van der Waals surface area contributed by atoms with Crippen molar-refractivity contribution in [3.63, 3.8) is 0 Å². The highest BCUT2D eigenvalue weighted by Crippen LogP contribution is 2.25. The quantitative estimate of drug-likeness (QED) is 0.710. The molecule has 1 amide bonds. The Morgan fingerprint density at radius 3 is 1.82 bits per heavy atom. The zero-order valence-corrected chi connectivity index (χ0v) is 17.9. The molecule has 2 fully saturated rings. The molecule has 0 bridgehead atoms. The monoisotopic (exact) mass is 429 g/mol. The molecule has 1 aromatic rings. The van der Waals surface area contributed by atoms with Gasteiger partial charge in [-0.15, -0.1) is 0 Å². The molecule has 0 spiro atoms. The molecular formula is C18H27N3O5S2. The lowest BCUT2D eigenvalue weighted by Crippen LogP contribution is -2.49. The number of piperazine rings is 1. The highest BCUT2D eigenvalue weighted by atomic mass is 32.2. The molecule has 2 aliphatic rings. The van der Waals surface area contributed by atoms with Gasteiger partial charge in [0.15, 0.2) is 0 Å². The molecule has 3 rings (SSSR count). The predicted molar refractivity (Wildman–Crippen MR) is 105 cm³/mol. The van der Waals surface area contributed by atoms with E-state index in [-0.39, 0.29) is 28.8 Å². The highest BCUT2D eigenvalue weighted by Gasteiger charge is 2.31. The Balaban J connectivity index is 1.76. The minimum atomic E-state index is -3.72. The van der Waals surface area contributed by atoms with Gasteiger partial charge in [-0.3, -0.25) is 4.79 Å². The molecule has 28 heavy (non-hydrogen) atoms. The van der Waals surface area contributed by atoms with E-state index < -0.39 is 20.0 Å². The molecule has 0 saturated carbocycles. The summed E-state index contributed by atoms with van der Waals surface area (Å²) in [6, 6.07) is 5.44. The number of hydrogen-bond donors (Lipinski definition) is 0. The zero-order chi connectivity index (χ0) is 20.5. The molecular weight excluding hydrogens is 402 g/mol. The van der Waals surface area contributed by atoms with Crippen LogP contribution in [0, 0.1) is 5.92 Å². The van der Waals surface area contributed by atoms with Gasteiger partial charge in [0, 0.05) is 46.2 Å². The normalized spacial score (nSPS) is 22.9. The minimum Gasteiger partial charge on any atom is -0.340 e. The Morgan fingerprint density at radius 2 is 1.36 bits per heavy atom. The van der Waals surface area contributed by atoms with Crippen LogP contribution in [0.3, 0.4) is 0 Å². The van der Waals surface area contributed by atoms with Gasteiger partial charge in [0.05, 0.1) is 9.79 Å². The first-order chi connectivity index (χ1) is 13.1. The van der Waals surface area contributed by atoms with Gasteiger partial charge < -0.3 is 4.90 Å².